The Morgan fingerprint density at radius 3 is 2.77 bits per heavy atom. The van der Waals surface area contributed by atoms with E-state index in [1.807, 2.05) is 12.2 Å². The molecule has 2 aromatic rings. The van der Waals surface area contributed by atoms with E-state index in [1.54, 1.807) is 6.07 Å². The van der Waals surface area contributed by atoms with Crippen LogP contribution < -0.4 is 0 Å². The predicted molar refractivity (Wildman–Crippen MR) is 113 cm³/mol. The summed E-state index contributed by atoms with van der Waals surface area (Å²) in [5, 5.41) is 2.37. The van der Waals surface area contributed by atoms with Gasteiger partial charge in [-0.3, -0.25) is 0 Å². The summed E-state index contributed by atoms with van der Waals surface area (Å²) in [6.07, 6.45) is 10.8. The number of hydrogen-bond donors (Lipinski definition) is 0. The first-order valence-electron chi connectivity index (χ1n) is 8.68. The molecule has 132 valence electrons. The van der Waals surface area contributed by atoms with Crippen molar-refractivity contribution in [3.8, 4) is 0 Å². The van der Waals surface area contributed by atoms with Gasteiger partial charge in [0.2, 0.25) is 0 Å². The van der Waals surface area contributed by atoms with Crippen molar-refractivity contribution >= 4 is 52.9 Å². The summed E-state index contributed by atoms with van der Waals surface area (Å²) in [6, 6.07) is 9.50. The summed E-state index contributed by atoms with van der Waals surface area (Å²) >= 11 is 10.6. The molecule has 0 aromatic heterocycles. The average Bonchev–Trinajstić information content (AvgIpc) is 3.03. The Kier molecular flexibility index (Phi) is 6.16. The van der Waals surface area contributed by atoms with Gasteiger partial charge >= 0.3 is 0 Å². The third-order valence-corrected chi connectivity index (χ3v) is 4.84. The Morgan fingerprint density at radius 2 is 2.04 bits per heavy atom. The van der Waals surface area contributed by atoms with Crippen molar-refractivity contribution in [1.29, 1.82) is 0 Å². The van der Waals surface area contributed by atoms with Crippen LogP contribution in [0.25, 0.3) is 18.2 Å². The number of nitrogens with zero attached hydrogens (tertiary/aromatic N) is 1. The molecule has 0 aliphatic heterocycles. The Labute approximate surface area is 163 Å². The van der Waals surface area contributed by atoms with Gasteiger partial charge in [-0.25, -0.2) is 4.39 Å². The lowest BCUT2D eigenvalue weighted by atomic mass is 10.0. The molecule has 0 N–H and O–H groups in total. The van der Waals surface area contributed by atoms with Gasteiger partial charge in [0.1, 0.15) is 5.69 Å². The number of rotatable bonds is 6. The van der Waals surface area contributed by atoms with Crippen LogP contribution in [0, 0.1) is 5.82 Å². The molecule has 2 aromatic carbocycles. The maximum Gasteiger partial charge on any atom is 0.151 e. The standard InChI is InChI=1S/C22H19ClFNS/c1-2-3-4-16-10-18-8-7-15(9-19(18)11-16)5-6-17-12-20(23)22(25-14-26)21(24)13-17/h5-9,11-13H,2-4,10H2,1H3/b6-5+. The lowest BCUT2D eigenvalue weighted by molar-refractivity contribution is 0.630. The second kappa shape index (κ2) is 8.55. The molecular formula is C22H19ClFNS. The number of thiocarbonyl (C=S) groups is 1. The van der Waals surface area contributed by atoms with E-state index >= 15 is 0 Å². The molecule has 0 heterocycles. The lowest BCUT2D eigenvalue weighted by Gasteiger charge is -2.03. The highest BCUT2D eigenvalue weighted by Gasteiger charge is 2.12. The number of unbranched alkanes of at least 4 members (excludes halogenated alkanes) is 1. The zero-order valence-electron chi connectivity index (χ0n) is 14.6. The zero-order chi connectivity index (χ0) is 18.5. The van der Waals surface area contributed by atoms with Crippen molar-refractivity contribution in [2.75, 3.05) is 0 Å². The van der Waals surface area contributed by atoms with Gasteiger partial charge in [0.05, 0.1) is 10.2 Å². The van der Waals surface area contributed by atoms with Crippen LogP contribution in [0.4, 0.5) is 10.1 Å². The summed E-state index contributed by atoms with van der Waals surface area (Å²) in [6.45, 7) is 2.22. The topological polar surface area (TPSA) is 12.4 Å². The van der Waals surface area contributed by atoms with Crippen molar-refractivity contribution in [1.82, 2.24) is 0 Å². The van der Waals surface area contributed by atoms with Crippen molar-refractivity contribution < 1.29 is 4.39 Å². The van der Waals surface area contributed by atoms with Crippen LogP contribution in [-0.4, -0.2) is 5.16 Å². The van der Waals surface area contributed by atoms with Gasteiger partial charge in [-0.1, -0.05) is 60.9 Å². The second-order valence-corrected chi connectivity index (χ2v) is 7.00. The van der Waals surface area contributed by atoms with Crippen LogP contribution in [0.3, 0.4) is 0 Å². The first-order valence-corrected chi connectivity index (χ1v) is 9.46. The molecule has 0 bridgehead atoms. The van der Waals surface area contributed by atoms with Gasteiger partial charge in [-0.05, 0) is 71.9 Å². The molecule has 0 amide bonds. The molecule has 1 aliphatic carbocycles. The van der Waals surface area contributed by atoms with E-state index in [0.717, 1.165) is 12.0 Å². The molecular weight excluding hydrogens is 365 g/mol. The zero-order valence-corrected chi connectivity index (χ0v) is 16.1. The molecule has 26 heavy (non-hydrogen) atoms. The summed E-state index contributed by atoms with van der Waals surface area (Å²) in [5.74, 6) is -0.507. The van der Waals surface area contributed by atoms with Gasteiger partial charge in [0.25, 0.3) is 0 Å². The molecule has 0 spiro atoms. The van der Waals surface area contributed by atoms with E-state index in [0.29, 0.717) is 5.56 Å². The van der Waals surface area contributed by atoms with Gasteiger partial charge in [0, 0.05) is 0 Å². The Hall–Kier alpha value is -2.06. The van der Waals surface area contributed by atoms with Crippen LogP contribution in [0.15, 0.2) is 40.9 Å². The SMILES string of the molecule is CCCCC1=Cc2cc(/C=C/c3cc(F)c(N=C=S)c(Cl)c3)ccc2C1. The minimum Gasteiger partial charge on any atom is -0.205 e. The fourth-order valence-electron chi connectivity index (χ4n) is 3.12. The van der Waals surface area contributed by atoms with E-state index in [1.165, 1.54) is 42.0 Å². The minimum atomic E-state index is -0.507. The van der Waals surface area contributed by atoms with Crippen LogP contribution >= 0.6 is 23.8 Å². The summed E-state index contributed by atoms with van der Waals surface area (Å²) in [7, 11) is 0. The maximum absolute atomic E-state index is 14.0. The Balaban J connectivity index is 1.80. The van der Waals surface area contributed by atoms with E-state index in [4.69, 9.17) is 11.6 Å². The van der Waals surface area contributed by atoms with E-state index < -0.39 is 5.82 Å². The molecule has 0 saturated carbocycles. The van der Waals surface area contributed by atoms with E-state index in [9.17, 15) is 4.39 Å². The highest BCUT2D eigenvalue weighted by atomic mass is 35.5. The molecule has 0 radical (unpaired) electrons. The van der Waals surface area contributed by atoms with Crippen molar-refractivity contribution in [2.45, 2.75) is 32.6 Å². The Morgan fingerprint density at radius 1 is 1.23 bits per heavy atom. The third kappa shape index (κ3) is 4.37. The van der Waals surface area contributed by atoms with Crippen LogP contribution in [0.5, 0.6) is 0 Å². The largest absolute Gasteiger partial charge is 0.205 e. The molecule has 0 fully saturated rings. The summed E-state index contributed by atoms with van der Waals surface area (Å²) < 4.78 is 14.0. The quantitative estimate of drug-likeness (QED) is 0.285. The Bertz CT molecular complexity index is 916. The van der Waals surface area contributed by atoms with Gasteiger partial charge in [0.15, 0.2) is 5.82 Å². The van der Waals surface area contributed by atoms with Crippen LogP contribution in [0.1, 0.15) is 48.4 Å². The van der Waals surface area contributed by atoms with Crippen LogP contribution in [0.2, 0.25) is 5.02 Å². The number of hydrogen-bond acceptors (Lipinski definition) is 2. The molecule has 1 nitrogen and oxygen atoms in total. The summed E-state index contributed by atoms with van der Waals surface area (Å²) in [4.78, 5) is 3.66. The molecule has 0 saturated heterocycles. The highest BCUT2D eigenvalue weighted by molar-refractivity contribution is 7.78. The monoisotopic (exact) mass is 383 g/mol. The number of allylic oxidation sites excluding steroid dienone is 1. The lowest BCUT2D eigenvalue weighted by Crippen LogP contribution is -1.86. The third-order valence-electron chi connectivity index (χ3n) is 4.46. The van der Waals surface area contributed by atoms with Crippen molar-refractivity contribution in [3.05, 3.63) is 69.0 Å². The first kappa shape index (κ1) is 18.7. The second-order valence-electron chi connectivity index (χ2n) is 6.41. The number of aliphatic imine (C=N–C) groups is 1. The van der Waals surface area contributed by atoms with E-state index in [2.05, 4.69) is 53.6 Å². The first-order chi connectivity index (χ1) is 12.6. The van der Waals surface area contributed by atoms with Gasteiger partial charge in [-0.2, -0.15) is 4.99 Å². The normalized spacial score (nSPS) is 12.8. The molecule has 0 unspecified atom stereocenters. The molecule has 1 aliphatic rings. The van der Waals surface area contributed by atoms with E-state index in [-0.39, 0.29) is 10.7 Å². The minimum absolute atomic E-state index is 0.0288. The average molecular weight is 384 g/mol. The van der Waals surface area contributed by atoms with Crippen molar-refractivity contribution in [2.24, 2.45) is 4.99 Å². The van der Waals surface area contributed by atoms with Crippen molar-refractivity contribution in [3.63, 3.8) is 0 Å². The fourth-order valence-corrected chi connectivity index (χ4v) is 3.47. The highest BCUT2D eigenvalue weighted by Crippen LogP contribution is 2.31. The fraction of sp³-hybridized carbons (Fsp3) is 0.227. The van der Waals surface area contributed by atoms with Gasteiger partial charge in [-0.15, -0.1) is 0 Å². The molecule has 3 rings (SSSR count). The predicted octanol–water partition coefficient (Wildman–Crippen LogP) is 7.51. The van der Waals surface area contributed by atoms with Gasteiger partial charge < -0.3 is 0 Å². The number of benzene rings is 2. The number of fused-ring (bicyclic) bond motifs is 1. The maximum atomic E-state index is 14.0. The number of halogens is 2. The van der Waals surface area contributed by atoms with Crippen LogP contribution in [-0.2, 0) is 6.42 Å². The summed E-state index contributed by atoms with van der Waals surface area (Å²) in [5.41, 5.74) is 5.95. The molecule has 0 atom stereocenters. The smallest absolute Gasteiger partial charge is 0.151 e. The molecule has 4 heteroatoms. The number of isothiocyanates is 1.